The summed E-state index contributed by atoms with van der Waals surface area (Å²) < 4.78 is 16.3. The number of methoxy groups -OCH3 is 1. The van der Waals surface area contributed by atoms with E-state index in [1.54, 1.807) is 20.8 Å². The predicted molar refractivity (Wildman–Crippen MR) is 86.3 cm³/mol. The maximum atomic E-state index is 12.5. The molecule has 8 nitrogen and oxygen atoms in total. The number of rotatable bonds is 6. The lowest BCUT2D eigenvalue weighted by Gasteiger charge is -2.35. The summed E-state index contributed by atoms with van der Waals surface area (Å²) in [5.74, 6) is -0.0713. The molecule has 2 rings (SSSR count). The molecule has 2 unspecified atom stereocenters. The molecule has 0 aliphatic carbocycles. The maximum absolute atomic E-state index is 12.5. The summed E-state index contributed by atoms with van der Waals surface area (Å²) in [4.78, 5) is 22.9. The van der Waals surface area contributed by atoms with Gasteiger partial charge in [0.2, 0.25) is 6.10 Å². The van der Waals surface area contributed by atoms with Crippen LogP contribution in [0.1, 0.15) is 27.2 Å². The number of hydrogen-bond donors (Lipinski definition) is 1. The van der Waals surface area contributed by atoms with Crippen LogP contribution in [0, 0.1) is 10.1 Å². The molecule has 0 amide bonds. The number of nitro groups is 1. The third kappa shape index (κ3) is 4.35. The number of nitrogens with zero attached hydrogens (tertiary/aromatic N) is 1. The average molecular weight is 338 g/mol. The standard InChI is InChI=1S/C16H22N2O6/c1-16(2,3)24-15(19)14(11-7-8-17-11)23-13-9-10(18(20)21)5-6-12(13)22-4/h5-6,9,11,14,17H,7-8H2,1-4H3. The van der Waals surface area contributed by atoms with Crippen molar-refractivity contribution in [3.05, 3.63) is 28.3 Å². The van der Waals surface area contributed by atoms with Gasteiger partial charge in [0.1, 0.15) is 5.60 Å². The van der Waals surface area contributed by atoms with Gasteiger partial charge in [0.25, 0.3) is 5.69 Å². The topological polar surface area (TPSA) is 99.9 Å². The first-order chi connectivity index (χ1) is 11.2. The number of nitrogens with one attached hydrogen (secondary N) is 1. The molecule has 0 bridgehead atoms. The van der Waals surface area contributed by atoms with Crippen molar-refractivity contribution in [1.82, 2.24) is 5.32 Å². The van der Waals surface area contributed by atoms with Crippen LogP contribution < -0.4 is 14.8 Å². The van der Waals surface area contributed by atoms with Crippen molar-refractivity contribution in [3.63, 3.8) is 0 Å². The minimum Gasteiger partial charge on any atom is -0.493 e. The van der Waals surface area contributed by atoms with E-state index in [0.29, 0.717) is 5.75 Å². The number of nitro benzene ring substituents is 1. The number of benzene rings is 1. The summed E-state index contributed by atoms with van der Waals surface area (Å²) in [5.41, 5.74) is -0.801. The Kier molecular flexibility index (Phi) is 5.28. The van der Waals surface area contributed by atoms with E-state index in [1.807, 2.05) is 0 Å². The van der Waals surface area contributed by atoms with E-state index in [1.165, 1.54) is 25.3 Å². The highest BCUT2D eigenvalue weighted by molar-refractivity contribution is 5.77. The van der Waals surface area contributed by atoms with Crippen molar-refractivity contribution in [1.29, 1.82) is 0 Å². The van der Waals surface area contributed by atoms with Crippen molar-refractivity contribution in [2.24, 2.45) is 0 Å². The zero-order valence-corrected chi connectivity index (χ0v) is 14.2. The summed E-state index contributed by atoms with van der Waals surface area (Å²) in [7, 11) is 1.43. The highest BCUT2D eigenvalue weighted by Crippen LogP contribution is 2.33. The van der Waals surface area contributed by atoms with Gasteiger partial charge in [-0.2, -0.15) is 0 Å². The smallest absolute Gasteiger partial charge is 0.349 e. The van der Waals surface area contributed by atoms with Crippen LogP contribution in [-0.4, -0.2) is 42.3 Å². The van der Waals surface area contributed by atoms with E-state index < -0.39 is 22.6 Å². The Bertz CT molecular complexity index is 621. The van der Waals surface area contributed by atoms with Crippen molar-refractivity contribution in [2.45, 2.75) is 44.9 Å². The Morgan fingerprint density at radius 3 is 2.50 bits per heavy atom. The third-order valence-electron chi connectivity index (χ3n) is 3.48. The van der Waals surface area contributed by atoms with Crippen molar-refractivity contribution >= 4 is 11.7 Å². The van der Waals surface area contributed by atoms with Gasteiger partial charge >= 0.3 is 5.97 Å². The monoisotopic (exact) mass is 338 g/mol. The summed E-state index contributed by atoms with van der Waals surface area (Å²) in [6.07, 6.45) is -0.157. The van der Waals surface area contributed by atoms with Gasteiger partial charge in [0.15, 0.2) is 11.5 Å². The van der Waals surface area contributed by atoms with Crippen LogP contribution in [0.4, 0.5) is 5.69 Å². The number of ether oxygens (including phenoxy) is 3. The molecule has 0 radical (unpaired) electrons. The van der Waals surface area contributed by atoms with Gasteiger partial charge in [0, 0.05) is 6.07 Å². The summed E-state index contributed by atoms with van der Waals surface area (Å²) in [6.45, 7) is 6.08. The van der Waals surface area contributed by atoms with Crippen LogP contribution in [0.3, 0.4) is 0 Å². The highest BCUT2D eigenvalue weighted by atomic mass is 16.6. The lowest BCUT2D eigenvalue weighted by Crippen LogP contribution is -2.57. The molecular formula is C16H22N2O6. The number of carbonyl (C=O) groups excluding carboxylic acids is 1. The van der Waals surface area contributed by atoms with Gasteiger partial charge in [-0.05, 0) is 39.8 Å². The summed E-state index contributed by atoms with van der Waals surface area (Å²) in [5, 5.41) is 14.1. The number of non-ortho nitro benzene ring substituents is 1. The number of hydrogen-bond acceptors (Lipinski definition) is 7. The fourth-order valence-electron chi connectivity index (χ4n) is 2.23. The Morgan fingerprint density at radius 1 is 1.38 bits per heavy atom. The highest BCUT2D eigenvalue weighted by Gasteiger charge is 2.38. The van der Waals surface area contributed by atoms with Crippen molar-refractivity contribution in [3.8, 4) is 11.5 Å². The Hall–Kier alpha value is -2.35. The lowest BCUT2D eigenvalue weighted by atomic mass is 10.0. The molecule has 0 saturated carbocycles. The Morgan fingerprint density at radius 2 is 2.04 bits per heavy atom. The first-order valence-corrected chi connectivity index (χ1v) is 7.66. The summed E-state index contributed by atoms with van der Waals surface area (Å²) >= 11 is 0. The molecule has 1 saturated heterocycles. The molecule has 1 aliphatic heterocycles. The van der Waals surface area contributed by atoms with Crippen LogP contribution in [0.2, 0.25) is 0 Å². The van der Waals surface area contributed by atoms with Crippen molar-refractivity contribution in [2.75, 3.05) is 13.7 Å². The van der Waals surface area contributed by atoms with E-state index in [-0.39, 0.29) is 17.5 Å². The molecule has 1 aromatic carbocycles. The molecular weight excluding hydrogens is 316 g/mol. The quantitative estimate of drug-likeness (QED) is 0.481. The molecule has 2 atom stereocenters. The van der Waals surface area contributed by atoms with Crippen LogP contribution >= 0.6 is 0 Å². The minimum absolute atomic E-state index is 0.135. The van der Waals surface area contributed by atoms with Gasteiger partial charge < -0.3 is 19.5 Å². The SMILES string of the molecule is COc1ccc([N+](=O)[O-])cc1OC(C(=O)OC(C)(C)C)C1CCN1. The molecule has 1 heterocycles. The third-order valence-corrected chi connectivity index (χ3v) is 3.48. The van der Waals surface area contributed by atoms with Crippen LogP contribution in [0.15, 0.2) is 18.2 Å². The Balaban J connectivity index is 2.27. The van der Waals surface area contributed by atoms with Crippen LogP contribution in [0.5, 0.6) is 11.5 Å². The first kappa shape index (κ1) is 18.0. The molecule has 132 valence electrons. The largest absolute Gasteiger partial charge is 0.493 e. The summed E-state index contributed by atoms with van der Waals surface area (Å²) in [6, 6.07) is 3.79. The number of esters is 1. The van der Waals surface area contributed by atoms with Crippen molar-refractivity contribution < 1.29 is 23.9 Å². The van der Waals surface area contributed by atoms with E-state index in [9.17, 15) is 14.9 Å². The van der Waals surface area contributed by atoms with E-state index in [0.717, 1.165) is 13.0 Å². The Labute approximate surface area is 140 Å². The van der Waals surface area contributed by atoms with E-state index in [2.05, 4.69) is 5.32 Å². The molecule has 8 heteroatoms. The van der Waals surface area contributed by atoms with Gasteiger partial charge in [-0.15, -0.1) is 0 Å². The van der Waals surface area contributed by atoms with Gasteiger partial charge in [-0.25, -0.2) is 4.79 Å². The van der Waals surface area contributed by atoms with Crippen LogP contribution in [0.25, 0.3) is 0 Å². The van der Waals surface area contributed by atoms with Gasteiger partial charge in [0.05, 0.1) is 24.1 Å². The minimum atomic E-state index is -0.908. The first-order valence-electron chi connectivity index (χ1n) is 7.66. The molecule has 1 N–H and O–H groups in total. The average Bonchev–Trinajstić information content (AvgIpc) is 2.42. The molecule has 1 fully saturated rings. The fraction of sp³-hybridized carbons (Fsp3) is 0.562. The number of carbonyl (C=O) groups is 1. The molecule has 0 spiro atoms. The van der Waals surface area contributed by atoms with Gasteiger partial charge in [-0.3, -0.25) is 10.1 Å². The molecule has 1 aliphatic rings. The molecule has 1 aromatic rings. The zero-order chi connectivity index (χ0) is 17.9. The van der Waals surface area contributed by atoms with Gasteiger partial charge in [-0.1, -0.05) is 0 Å². The van der Waals surface area contributed by atoms with E-state index >= 15 is 0 Å². The van der Waals surface area contributed by atoms with Crippen LogP contribution in [-0.2, 0) is 9.53 Å². The second-order valence-corrected chi connectivity index (χ2v) is 6.51. The molecule has 24 heavy (non-hydrogen) atoms. The fourth-order valence-corrected chi connectivity index (χ4v) is 2.23. The second-order valence-electron chi connectivity index (χ2n) is 6.51. The lowest BCUT2D eigenvalue weighted by molar-refractivity contribution is -0.385. The van der Waals surface area contributed by atoms with E-state index in [4.69, 9.17) is 14.2 Å². The molecule has 0 aromatic heterocycles. The second kappa shape index (κ2) is 7.04. The maximum Gasteiger partial charge on any atom is 0.349 e. The normalized spacial score (nSPS) is 18.2. The predicted octanol–water partition coefficient (Wildman–Crippen LogP) is 2.05. The zero-order valence-electron chi connectivity index (χ0n) is 14.2.